The Hall–Kier alpha value is -2.94. The van der Waals surface area contributed by atoms with Gasteiger partial charge in [-0.25, -0.2) is 0 Å². The number of halogens is 1. The molecular weight excluding hydrogens is 506 g/mol. The van der Waals surface area contributed by atoms with E-state index < -0.39 is 41.0 Å². The Kier molecular flexibility index (Phi) is 6.78. The number of nitrogens with one attached hydrogen (secondary N) is 2. The first-order chi connectivity index (χ1) is 18.0. The summed E-state index contributed by atoms with van der Waals surface area (Å²) in [6.07, 6.45) is 0.441. The van der Waals surface area contributed by atoms with E-state index in [1.807, 2.05) is 57.2 Å². The van der Waals surface area contributed by atoms with Gasteiger partial charge in [-0.2, -0.15) is 0 Å². The van der Waals surface area contributed by atoms with E-state index in [0.717, 1.165) is 11.1 Å². The lowest BCUT2D eigenvalue weighted by molar-refractivity contribution is -0.148. The van der Waals surface area contributed by atoms with Crippen molar-refractivity contribution < 1.29 is 24.2 Å². The lowest BCUT2D eigenvalue weighted by atomic mass is 9.62. The summed E-state index contributed by atoms with van der Waals surface area (Å²) in [5, 5.41) is 16.4. The molecule has 3 aliphatic heterocycles. The zero-order chi connectivity index (χ0) is 27.4. The van der Waals surface area contributed by atoms with Gasteiger partial charge in [0.05, 0.1) is 40.8 Å². The van der Waals surface area contributed by atoms with E-state index in [2.05, 4.69) is 10.6 Å². The van der Waals surface area contributed by atoms with Gasteiger partial charge in [0.1, 0.15) is 11.6 Å². The summed E-state index contributed by atoms with van der Waals surface area (Å²) in [5.41, 5.74) is 0.0589. The van der Waals surface area contributed by atoms with Gasteiger partial charge >= 0.3 is 0 Å². The van der Waals surface area contributed by atoms with Gasteiger partial charge in [-0.3, -0.25) is 14.4 Å². The first-order valence-corrected chi connectivity index (χ1v) is 13.4. The number of hydrogen-bond acceptors (Lipinski definition) is 5. The van der Waals surface area contributed by atoms with Crippen LogP contribution >= 0.6 is 11.6 Å². The van der Waals surface area contributed by atoms with Gasteiger partial charge in [0.25, 0.3) is 0 Å². The van der Waals surface area contributed by atoms with Crippen molar-refractivity contribution in [1.29, 1.82) is 0 Å². The molecular formula is C29H34ClN3O5. The second kappa shape index (κ2) is 9.67. The van der Waals surface area contributed by atoms with Gasteiger partial charge in [-0.05, 0) is 50.3 Å². The normalized spacial score (nSPS) is 32.3. The fourth-order valence-electron chi connectivity index (χ4n) is 6.82. The molecule has 3 unspecified atom stereocenters. The molecule has 5 rings (SSSR count). The molecule has 0 radical (unpaired) electrons. The topological polar surface area (TPSA) is 108 Å². The second-order valence-electron chi connectivity index (χ2n) is 11.1. The summed E-state index contributed by atoms with van der Waals surface area (Å²) in [7, 11) is 0. The number of carbonyl (C=O) groups excluding carboxylic acids is 3. The molecule has 2 aromatic rings. The van der Waals surface area contributed by atoms with E-state index in [1.54, 1.807) is 19.1 Å². The highest BCUT2D eigenvalue weighted by Gasteiger charge is 2.80. The number of aliphatic hydroxyl groups is 1. The number of aryl methyl sites for hydroxylation is 1. The summed E-state index contributed by atoms with van der Waals surface area (Å²) in [6.45, 7) is 7.39. The third kappa shape index (κ3) is 3.92. The molecule has 9 heteroatoms. The van der Waals surface area contributed by atoms with Crippen molar-refractivity contribution >= 4 is 35.0 Å². The van der Waals surface area contributed by atoms with Crippen molar-refractivity contribution in [3.05, 3.63) is 64.7 Å². The zero-order valence-electron chi connectivity index (χ0n) is 22.0. The molecule has 2 aromatic carbocycles. The Bertz CT molecular complexity index is 1250. The maximum Gasteiger partial charge on any atom is 0.250 e. The number of anilines is 1. The molecule has 8 nitrogen and oxygen atoms in total. The first-order valence-electron chi connectivity index (χ1n) is 13.1. The molecule has 38 heavy (non-hydrogen) atoms. The zero-order valence-corrected chi connectivity index (χ0v) is 22.8. The number of ether oxygens (including phenoxy) is 1. The fraction of sp³-hybridized carbons (Fsp3) is 0.483. The van der Waals surface area contributed by atoms with E-state index in [4.69, 9.17) is 16.3 Å². The number of likely N-dealkylation sites (tertiary alicyclic amines) is 1. The maximum absolute atomic E-state index is 14.1. The Morgan fingerprint density at radius 1 is 1.18 bits per heavy atom. The van der Waals surface area contributed by atoms with Crippen LogP contribution in [0.25, 0.3) is 0 Å². The molecule has 7 atom stereocenters. The van der Waals surface area contributed by atoms with E-state index in [-0.39, 0.29) is 24.3 Å². The molecule has 3 heterocycles. The van der Waals surface area contributed by atoms with Crippen LogP contribution in [0.15, 0.2) is 48.5 Å². The van der Waals surface area contributed by atoms with Crippen LogP contribution in [0.4, 0.5) is 5.69 Å². The van der Waals surface area contributed by atoms with Crippen LogP contribution in [0.1, 0.15) is 38.3 Å². The lowest BCUT2D eigenvalue weighted by Gasteiger charge is -2.36. The monoisotopic (exact) mass is 539 g/mol. The average molecular weight is 540 g/mol. The van der Waals surface area contributed by atoms with Crippen LogP contribution in [0.5, 0.6) is 0 Å². The predicted molar refractivity (Wildman–Crippen MR) is 143 cm³/mol. The number of nitrogens with zero attached hydrogens (tertiary/aromatic N) is 1. The Morgan fingerprint density at radius 2 is 1.89 bits per heavy atom. The highest BCUT2D eigenvalue weighted by molar-refractivity contribution is 6.34. The lowest BCUT2D eigenvalue weighted by Crippen LogP contribution is -2.56. The largest absolute Gasteiger partial charge is 0.394 e. The Balaban J connectivity index is 1.52. The molecule has 0 aliphatic carbocycles. The van der Waals surface area contributed by atoms with Crippen LogP contribution in [0.3, 0.4) is 0 Å². The van der Waals surface area contributed by atoms with Crippen LogP contribution in [0.2, 0.25) is 5.02 Å². The molecule has 3 aliphatic rings. The minimum atomic E-state index is -1.21. The standard InChI is InChI=1S/C29H34ClN3O5/c1-16-9-8-12-20(30)23(16)32-26(36)24-29-13-17(2)28(4,38-29)21(22(29)27(37)33(24)18(3)15-34)25(35)31-14-19-10-6-5-7-11-19/h5-12,17-18,21-22,24,34H,13-15H2,1-4H3,(H,31,35)(H,32,36)/t17?,18-,21+,22+,24?,28-,29?/m1/s1. The van der Waals surface area contributed by atoms with Gasteiger partial charge in [-0.15, -0.1) is 0 Å². The number of hydrogen-bond donors (Lipinski definition) is 3. The van der Waals surface area contributed by atoms with Crippen molar-refractivity contribution in [3.63, 3.8) is 0 Å². The molecule has 2 bridgehead atoms. The third-order valence-corrected chi connectivity index (χ3v) is 9.12. The van der Waals surface area contributed by atoms with E-state index >= 15 is 0 Å². The van der Waals surface area contributed by atoms with Crippen LogP contribution in [-0.4, -0.2) is 57.6 Å². The SMILES string of the molecule is Cc1cccc(Cl)c1NC(=O)C1N([C@H](C)CO)C(=O)[C@@H]2[C@@H](C(=O)NCc3ccccc3)[C@]3(C)OC12CC3C. The molecule has 3 amide bonds. The van der Waals surface area contributed by atoms with Crippen molar-refractivity contribution in [2.24, 2.45) is 17.8 Å². The van der Waals surface area contributed by atoms with Gasteiger partial charge in [0.2, 0.25) is 17.7 Å². The second-order valence-corrected chi connectivity index (χ2v) is 11.5. The van der Waals surface area contributed by atoms with Crippen molar-refractivity contribution in [2.75, 3.05) is 11.9 Å². The highest BCUT2D eigenvalue weighted by Crippen LogP contribution is 2.65. The minimum absolute atomic E-state index is 0.0826. The Labute approximate surface area is 227 Å². The van der Waals surface area contributed by atoms with Crippen molar-refractivity contribution in [1.82, 2.24) is 10.2 Å². The van der Waals surface area contributed by atoms with Crippen LogP contribution in [-0.2, 0) is 25.7 Å². The highest BCUT2D eigenvalue weighted by atomic mass is 35.5. The number of fused-ring (bicyclic) bond motifs is 1. The molecule has 3 N–H and O–H groups in total. The van der Waals surface area contributed by atoms with Crippen LogP contribution < -0.4 is 10.6 Å². The number of carbonyl (C=O) groups is 3. The fourth-order valence-corrected chi connectivity index (χ4v) is 7.08. The van der Waals surface area contributed by atoms with Crippen molar-refractivity contribution in [3.8, 4) is 0 Å². The van der Waals surface area contributed by atoms with Crippen LogP contribution in [0, 0.1) is 24.7 Å². The number of rotatable bonds is 7. The number of aliphatic hydroxyl groups excluding tert-OH is 1. The number of benzene rings is 2. The summed E-state index contributed by atoms with van der Waals surface area (Å²) in [5.74, 6) is -2.78. The maximum atomic E-state index is 14.1. The average Bonchev–Trinajstić information content (AvgIpc) is 3.41. The predicted octanol–water partition coefficient (Wildman–Crippen LogP) is 3.29. The summed E-state index contributed by atoms with van der Waals surface area (Å²) in [4.78, 5) is 43.2. The molecule has 0 aromatic heterocycles. The quantitative estimate of drug-likeness (QED) is 0.500. The smallest absolute Gasteiger partial charge is 0.250 e. The summed E-state index contributed by atoms with van der Waals surface area (Å²) >= 11 is 6.40. The van der Waals surface area contributed by atoms with E-state index in [1.165, 1.54) is 4.90 Å². The first kappa shape index (κ1) is 26.7. The molecule has 3 fully saturated rings. The van der Waals surface area contributed by atoms with Gasteiger partial charge in [-0.1, -0.05) is 61.0 Å². The number of amides is 3. The van der Waals surface area contributed by atoms with E-state index in [0.29, 0.717) is 23.7 Å². The van der Waals surface area contributed by atoms with Gasteiger partial charge < -0.3 is 25.4 Å². The third-order valence-electron chi connectivity index (χ3n) is 8.80. The van der Waals surface area contributed by atoms with Gasteiger partial charge in [0, 0.05) is 6.54 Å². The summed E-state index contributed by atoms with van der Waals surface area (Å²) < 4.78 is 6.70. The van der Waals surface area contributed by atoms with Gasteiger partial charge in [0.15, 0.2) is 0 Å². The van der Waals surface area contributed by atoms with Crippen molar-refractivity contribution in [2.45, 2.75) is 63.9 Å². The van der Waals surface area contributed by atoms with E-state index in [9.17, 15) is 19.5 Å². The minimum Gasteiger partial charge on any atom is -0.394 e. The molecule has 1 spiro atoms. The molecule has 0 saturated carbocycles. The molecule has 3 saturated heterocycles. The Morgan fingerprint density at radius 3 is 2.55 bits per heavy atom. The molecule has 202 valence electrons. The number of para-hydroxylation sites is 1. The summed E-state index contributed by atoms with van der Waals surface area (Å²) in [6, 6.07) is 13.2.